The van der Waals surface area contributed by atoms with Crippen molar-refractivity contribution in [2.75, 3.05) is 26.2 Å². The quantitative estimate of drug-likeness (QED) is 0.743. The predicted octanol–water partition coefficient (Wildman–Crippen LogP) is 4.05. The average molecular weight is 415 g/mol. The maximum atomic E-state index is 12.8. The first-order valence-corrected chi connectivity index (χ1v) is 9.66. The van der Waals surface area contributed by atoms with E-state index in [2.05, 4.69) is 15.9 Å². The summed E-state index contributed by atoms with van der Waals surface area (Å²) in [6.07, 6.45) is 0.788. The van der Waals surface area contributed by atoms with Crippen molar-refractivity contribution < 1.29 is 9.59 Å². The van der Waals surface area contributed by atoms with Crippen LogP contribution in [-0.4, -0.2) is 47.8 Å². The second-order valence-corrected chi connectivity index (χ2v) is 7.66. The van der Waals surface area contributed by atoms with Gasteiger partial charge in [-0.15, -0.1) is 0 Å². The largest absolute Gasteiger partial charge is 0.337 e. The van der Waals surface area contributed by atoms with Crippen LogP contribution in [0.3, 0.4) is 0 Å². The molecule has 2 aromatic rings. The highest BCUT2D eigenvalue weighted by atomic mass is 79.9. The Labute approximate surface area is 162 Å². The van der Waals surface area contributed by atoms with Crippen LogP contribution >= 0.6 is 15.9 Å². The Kier molecular flexibility index (Phi) is 5.77. The molecule has 0 N–H and O–H groups in total. The fourth-order valence-corrected chi connectivity index (χ4v) is 3.58. The van der Waals surface area contributed by atoms with Crippen LogP contribution in [0.2, 0.25) is 0 Å². The smallest absolute Gasteiger partial charge is 0.253 e. The maximum absolute atomic E-state index is 12.8. The Morgan fingerprint density at radius 1 is 0.808 bits per heavy atom. The van der Waals surface area contributed by atoms with Crippen LogP contribution in [0.4, 0.5) is 0 Å². The van der Waals surface area contributed by atoms with Gasteiger partial charge in [0.1, 0.15) is 0 Å². The van der Waals surface area contributed by atoms with Gasteiger partial charge in [0.25, 0.3) is 11.8 Å². The number of aryl methyl sites for hydroxylation is 2. The summed E-state index contributed by atoms with van der Waals surface area (Å²) in [5, 5.41) is 0. The first kappa shape index (κ1) is 18.6. The molecule has 2 aromatic carbocycles. The van der Waals surface area contributed by atoms with Crippen molar-refractivity contribution in [1.29, 1.82) is 0 Å². The number of hydrogen-bond acceptors (Lipinski definition) is 2. The van der Waals surface area contributed by atoms with Crippen LogP contribution in [0.25, 0.3) is 0 Å². The standard InChI is InChI=1S/C21H23BrN2O2/c1-15-7-8-18(13-16(15)2)21(26)24-10-4-9-23(11-12-24)20(25)17-5-3-6-19(22)14-17/h3,5-8,13-14H,4,9-12H2,1-2H3. The molecular weight excluding hydrogens is 392 g/mol. The molecule has 0 spiro atoms. The minimum absolute atomic E-state index is 0.0202. The van der Waals surface area contributed by atoms with E-state index in [0.29, 0.717) is 31.7 Å². The molecule has 3 rings (SSSR count). The van der Waals surface area contributed by atoms with Crippen molar-refractivity contribution >= 4 is 27.7 Å². The third kappa shape index (κ3) is 4.15. The minimum Gasteiger partial charge on any atom is -0.337 e. The van der Waals surface area contributed by atoms with E-state index in [1.54, 1.807) is 0 Å². The molecule has 1 fully saturated rings. The first-order valence-electron chi connectivity index (χ1n) is 8.87. The molecule has 0 aliphatic carbocycles. The lowest BCUT2D eigenvalue weighted by atomic mass is 10.1. The van der Waals surface area contributed by atoms with Crippen LogP contribution < -0.4 is 0 Å². The average Bonchev–Trinajstić information content (AvgIpc) is 2.89. The summed E-state index contributed by atoms with van der Waals surface area (Å²) < 4.78 is 0.893. The second kappa shape index (κ2) is 8.04. The molecule has 5 heteroatoms. The van der Waals surface area contributed by atoms with Gasteiger partial charge < -0.3 is 9.80 Å². The molecule has 2 amide bonds. The topological polar surface area (TPSA) is 40.6 Å². The lowest BCUT2D eigenvalue weighted by Gasteiger charge is -2.22. The monoisotopic (exact) mass is 414 g/mol. The van der Waals surface area contributed by atoms with Crippen LogP contribution in [0.15, 0.2) is 46.9 Å². The number of amides is 2. The molecule has 0 unspecified atom stereocenters. The summed E-state index contributed by atoms with van der Waals surface area (Å²) in [5.74, 6) is 0.0663. The molecule has 0 aromatic heterocycles. The van der Waals surface area contributed by atoms with Gasteiger partial charge in [-0.2, -0.15) is 0 Å². The highest BCUT2D eigenvalue weighted by molar-refractivity contribution is 9.10. The Hall–Kier alpha value is -2.14. The third-order valence-corrected chi connectivity index (χ3v) is 5.39. The first-order chi connectivity index (χ1) is 12.5. The summed E-state index contributed by atoms with van der Waals surface area (Å²) in [4.78, 5) is 29.3. The van der Waals surface area contributed by atoms with Gasteiger partial charge in [0.05, 0.1) is 0 Å². The molecule has 4 nitrogen and oxygen atoms in total. The summed E-state index contributed by atoms with van der Waals surface area (Å²) in [5.41, 5.74) is 3.70. The molecule has 26 heavy (non-hydrogen) atoms. The van der Waals surface area contributed by atoms with E-state index < -0.39 is 0 Å². The van der Waals surface area contributed by atoms with Crippen molar-refractivity contribution in [1.82, 2.24) is 9.80 Å². The van der Waals surface area contributed by atoms with Gasteiger partial charge in [0, 0.05) is 41.8 Å². The van der Waals surface area contributed by atoms with Crippen LogP contribution in [-0.2, 0) is 0 Å². The Morgan fingerprint density at radius 2 is 1.42 bits per heavy atom. The number of hydrogen-bond donors (Lipinski definition) is 0. The normalized spacial score (nSPS) is 14.9. The molecular formula is C21H23BrN2O2. The molecule has 1 saturated heterocycles. The van der Waals surface area contributed by atoms with E-state index in [-0.39, 0.29) is 11.8 Å². The van der Waals surface area contributed by atoms with Gasteiger partial charge in [-0.25, -0.2) is 0 Å². The number of carbonyl (C=O) groups excluding carboxylic acids is 2. The number of carbonyl (C=O) groups is 2. The van der Waals surface area contributed by atoms with Crippen molar-refractivity contribution in [2.24, 2.45) is 0 Å². The molecule has 136 valence electrons. The van der Waals surface area contributed by atoms with Gasteiger partial charge >= 0.3 is 0 Å². The van der Waals surface area contributed by atoms with E-state index in [4.69, 9.17) is 0 Å². The Bertz CT molecular complexity index is 835. The fourth-order valence-electron chi connectivity index (χ4n) is 3.18. The van der Waals surface area contributed by atoms with Gasteiger partial charge in [0.2, 0.25) is 0 Å². The lowest BCUT2D eigenvalue weighted by molar-refractivity contribution is 0.0718. The van der Waals surface area contributed by atoms with E-state index >= 15 is 0 Å². The molecule has 0 saturated carbocycles. The molecule has 1 aliphatic heterocycles. The van der Waals surface area contributed by atoms with E-state index in [0.717, 1.165) is 22.0 Å². The Balaban J connectivity index is 1.68. The van der Waals surface area contributed by atoms with Crippen molar-refractivity contribution in [3.05, 3.63) is 69.2 Å². The summed E-state index contributed by atoms with van der Waals surface area (Å²) >= 11 is 3.41. The summed E-state index contributed by atoms with van der Waals surface area (Å²) in [7, 11) is 0. The highest BCUT2D eigenvalue weighted by Gasteiger charge is 2.23. The van der Waals surface area contributed by atoms with Gasteiger partial charge in [-0.05, 0) is 61.7 Å². The molecule has 0 atom stereocenters. The Morgan fingerprint density at radius 3 is 2.00 bits per heavy atom. The SMILES string of the molecule is Cc1ccc(C(=O)N2CCCN(C(=O)c3cccc(Br)c3)CC2)cc1C. The summed E-state index contributed by atoms with van der Waals surface area (Å²) in [6.45, 7) is 6.53. The zero-order chi connectivity index (χ0) is 18.7. The third-order valence-electron chi connectivity index (χ3n) is 4.90. The van der Waals surface area contributed by atoms with E-state index in [9.17, 15) is 9.59 Å². The molecule has 1 heterocycles. The van der Waals surface area contributed by atoms with Crippen LogP contribution in [0, 0.1) is 13.8 Å². The lowest BCUT2D eigenvalue weighted by Crippen LogP contribution is -2.37. The zero-order valence-electron chi connectivity index (χ0n) is 15.2. The zero-order valence-corrected chi connectivity index (χ0v) is 16.8. The number of halogens is 1. The van der Waals surface area contributed by atoms with Crippen molar-refractivity contribution in [3.8, 4) is 0 Å². The molecule has 0 radical (unpaired) electrons. The second-order valence-electron chi connectivity index (χ2n) is 6.75. The highest BCUT2D eigenvalue weighted by Crippen LogP contribution is 2.17. The number of rotatable bonds is 2. The predicted molar refractivity (Wildman–Crippen MR) is 106 cm³/mol. The maximum Gasteiger partial charge on any atom is 0.253 e. The van der Waals surface area contributed by atoms with Crippen molar-refractivity contribution in [2.45, 2.75) is 20.3 Å². The van der Waals surface area contributed by atoms with E-state index in [1.165, 1.54) is 5.56 Å². The van der Waals surface area contributed by atoms with Crippen LogP contribution in [0.5, 0.6) is 0 Å². The number of benzene rings is 2. The van der Waals surface area contributed by atoms with Crippen molar-refractivity contribution in [3.63, 3.8) is 0 Å². The minimum atomic E-state index is 0.0202. The fraction of sp³-hybridized carbons (Fsp3) is 0.333. The summed E-state index contributed by atoms with van der Waals surface area (Å²) in [6, 6.07) is 13.3. The number of nitrogens with zero attached hydrogens (tertiary/aromatic N) is 2. The van der Waals surface area contributed by atoms with Gasteiger partial charge in [0.15, 0.2) is 0 Å². The van der Waals surface area contributed by atoms with E-state index in [1.807, 2.05) is 66.1 Å². The van der Waals surface area contributed by atoms with Gasteiger partial charge in [-0.3, -0.25) is 9.59 Å². The van der Waals surface area contributed by atoms with Crippen LogP contribution in [0.1, 0.15) is 38.3 Å². The molecule has 1 aliphatic rings. The molecule has 0 bridgehead atoms. The van der Waals surface area contributed by atoms with Gasteiger partial charge in [-0.1, -0.05) is 28.1 Å².